The van der Waals surface area contributed by atoms with Crippen molar-refractivity contribution in [2.24, 2.45) is 0 Å². The summed E-state index contributed by atoms with van der Waals surface area (Å²) in [5.41, 5.74) is 0. The first-order valence-corrected chi connectivity index (χ1v) is 3.75. The van der Waals surface area contributed by atoms with E-state index in [1.807, 2.05) is 6.92 Å². The van der Waals surface area contributed by atoms with Crippen LogP contribution in [0.5, 0.6) is 0 Å². The summed E-state index contributed by atoms with van der Waals surface area (Å²) in [7, 11) is 0. The van der Waals surface area contributed by atoms with Crippen LogP contribution < -0.4 is 0 Å². The normalized spacial score (nSPS) is 9.08. The van der Waals surface area contributed by atoms with E-state index < -0.39 is 5.97 Å². The Morgan fingerprint density at radius 1 is 1.58 bits per heavy atom. The molecule has 0 saturated heterocycles. The van der Waals surface area contributed by atoms with Crippen LogP contribution in [-0.4, -0.2) is 28.4 Å². The molecule has 0 unspecified atom stereocenters. The van der Waals surface area contributed by atoms with Crippen LogP contribution in [0.3, 0.4) is 0 Å². The maximum Gasteiger partial charge on any atom is 0.323 e. The van der Waals surface area contributed by atoms with E-state index in [4.69, 9.17) is 5.11 Å². The molecule has 1 N–H and O–H groups in total. The lowest BCUT2D eigenvalue weighted by Gasteiger charge is -2.14. The highest BCUT2D eigenvalue weighted by molar-refractivity contribution is 5.82. The Labute approximate surface area is 71.5 Å². The van der Waals surface area contributed by atoms with Crippen molar-refractivity contribution in [2.75, 3.05) is 6.54 Å². The number of carbonyl (C=O) groups excluding carboxylic acids is 1. The Kier molecular flexibility index (Phi) is 4.76. The summed E-state index contributed by atoms with van der Waals surface area (Å²) in [6.07, 6.45) is 2.31. The minimum Gasteiger partial charge on any atom is -0.480 e. The third-order valence-corrected chi connectivity index (χ3v) is 1.31. The van der Waals surface area contributed by atoms with Gasteiger partial charge in [0.25, 0.3) is 0 Å². The fourth-order valence-corrected chi connectivity index (χ4v) is 0.758. The summed E-state index contributed by atoms with van der Waals surface area (Å²) in [6, 6.07) is 0. The zero-order chi connectivity index (χ0) is 9.56. The number of hydrogen-bond acceptors (Lipinski definition) is 2. The lowest BCUT2D eigenvalue weighted by Crippen LogP contribution is -2.30. The summed E-state index contributed by atoms with van der Waals surface area (Å²) in [5.74, 6) is -1.23. The number of carboxylic acid groups (broad SMARTS) is 1. The highest BCUT2D eigenvalue weighted by Crippen LogP contribution is 1.97. The molecule has 0 aromatic heterocycles. The molecule has 0 bridgehead atoms. The van der Waals surface area contributed by atoms with Gasteiger partial charge in [-0.15, -0.1) is 0 Å². The largest absolute Gasteiger partial charge is 0.480 e. The van der Waals surface area contributed by atoms with Gasteiger partial charge in [0, 0.05) is 12.6 Å². The number of carbonyl (C=O) groups is 2. The van der Waals surface area contributed by atoms with Crippen LogP contribution in [-0.2, 0) is 9.59 Å². The van der Waals surface area contributed by atoms with Gasteiger partial charge in [0.05, 0.1) is 0 Å². The molecule has 0 fully saturated rings. The predicted molar refractivity (Wildman–Crippen MR) is 44.5 cm³/mol. The molecular weight excluding hydrogens is 158 g/mol. The van der Waals surface area contributed by atoms with Gasteiger partial charge < -0.3 is 10.0 Å². The highest BCUT2D eigenvalue weighted by atomic mass is 16.4. The lowest BCUT2D eigenvalue weighted by atomic mass is 10.3. The Bertz CT molecular complexity index is 189. The van der Waals surface area contributed by atoms with E-state index >= 15 is 0 Å². The van der Waals surface area contributed by atoms with Gasteiger partial charge in [-0.05, 0) is 6.42 Å². The minimum atomic E-state index is -1.03. The molecule has 12 heavy (non-hydrogen) atoms. The van der Waals surface area contributed by atoms with Crippen LogP contribution in [0.2, 0.25) is 0 Å². The van der Waals surface area contributed by atoms with Gasteiger partial charge in [-0.1, -0.05) is 13.5 Å². The van der Waals surface area contributed by atoms with Gasteiger partial charge in [-0.3, -0.25) is 9.59 Å². The van der Waals surface area contributed by atoms with Gasteiger partial charge >= 0.3 is 5.97 Å². The number of amides is 1. The second kappa shape index (κ2) is 5.35. The highest BCUT2D eigenvalue weighted by Gasteiger charge is 2.11. The summed E-state index contributed by atoms with van der Waals surface area (Å²) in [5, 5.41) is 8.39. The summed E-state index contributed by atoms with van der Waals surface area (Å²) in [4.78, 5) is 22.4. The molecule has 4 heteroatoms. The Morgan fingerprint density at radius 2 is 2.17 bits per heavy atom. The van der Waals surface area contributed by atoms with E-state index in [1.165, 1.54) is 6.20 Å². The van der Waals surface area contributed by atoms with E-state index in [-0.39, 0.29) is 12.5 Å². The molecule has 0 rings (SSSR count). The van der Waals surface area contributed by atoms with Crippen LogP contribution in [0.15, 0.2) is 12.8 Å². The molecule has 0 saturated carbocycles. The van der Waals surface area contributed by atoms with Crippen molar-refractivity contribution < 1.29 is 14.7 Å². The van der Waals surface area contributed by atoms with Crippen molar-refractivity contribution in [3.8, 4) is 0 Å². The maximum atomic E-state index is 11.1. The second-order valence-electron chi connectivity index (χ2n) is 2.35. The molecule has 0 heterocycles. The smallest absolute Gasteiger partial charge is 0.323 e. The molecule has 68 valence electrons. The van der Waals surface area contributed by atoms with Crippen molar-refractivity contribution in [2.45, 2.75) is 19.8 Å². The van der Waals surface area contributed by atoms with Gasteiger partial charge in [-0.25, -0.2) is 0 Å². The molecular formula is C8H13NO3. The predicted octanol–water partition coefficient (Wildman–Crippen LogP) is 0.843. The van der Waals surface area contributed by atoms with E-state index in [2.05, 4.69) is 6.58 Å². The van der Waals surface area contributed by atoms with Crippen molar-refractivity contribution >= 4 is 11.9 Å². The molecule has 0 aliphatic rings. The van der Waals surface area contributed by atoms with Crippen molar-refractivity contribution in [1.82, 2.24) is 4.90 Å². The van der Waals surface area contributed by atoms with Crippen LogP contribution in [0, 0.1) is 0 Å². The van der Waals surface area contributed by atoms with Crippen LogP contribution in [0.25, 0.3) is 0 Å². The van der Waals surface area contributed by atoms with Crippen LogP contribution >= 0.6 is 0 Å². The molecule has 4 nitrogen and oxygen atoms in total. The van der Waals surface area contributed by atoms with E-state index in [1.54, 1.807) is 0 Å². The fourth-order valence-electron chi connectivity index (χ4n) is 0.758. The Hall–Kier alpha value is -1.32. The number of hydrogen-bond donors (Lipinski definition) is 1. The van der Waals surface area contributed by atoms with Gasteiger partial charge in [0.1, 0.15) is 6.54 Å². The SMILES string of the molecule is C=CN(CC(=O)O)C(=O)CCC. The molecule has 0 spiro atoms. The van der Waals surface area contributed by atoms with Gasteiger partial charge in [-0.2, -0.15) is 0 Å². The molecule has 0 aromatic rings. The molecule has 0 atom stereocenters. The summed E-state index contributed by atoms with van der Waals surface area (Å²) in [6.45, 7) is 4.92. The molecule has 0 radical (unpaired) electrons. The standard InChI is InChI=1S/C8H13NO3/c1-3-5-7(10)9(4-2)6-8(11)12/h4H,2-3,5-6H2,1H3,(H,11,12). The number of carboxylic acids is 1. The van der Waals surface area contributed by atoms with Crippen molar-refractivity contribution in [3.05, 3.63) is 12.8 Å². The van der Waals surface area contributed by atoms with Crippen molar-refractivity contribution in [1.29, 1.82) is 0 Å². The topological polar surface area (TPSA) is 57.6 Å². The van der Waals surface area contributed by atoms with E-state index in [9.17, 15) is 9.59 Å². The molecule has 0 aromatic carbocycles. The number of rotatable bonds is 5. The van der Waals surface area contributed by atoms with Crippen LogP contribution in [0.1, 0.15) is 19.8 Å². The average molecular weight is 171 g/mol. The van der Waals surface area contributed by atoms with E-state index in [0.717, 1.165) is 4.90 Å². The molecule has 1 amide bonds. The Morgan fingerprint density at radius 3 is 2.50 bits per heavy atom. The zero-order valence-corrected chi connectivity index (χ0v) is 7.12. The van der Waals surface area contributed by atoms with Crippen LogP contribution in [0.4, 0.5) is 0 Å². The maximum absolute atomic E-state index is 11.1. The van der Waals surface area contributed by atoms with Gasteiger partial charge in [0.15, 0.2) is 0 Å². The third kappa shape index (κ3) is 3.75. The van der Waals surface area contributed by atoms with Crippen molar-refractivity contribution in [3.63, 3.8) is 0 Å². The first-order valence-electron chi connectivity index (χ1n) is 3.75. The quantitative estimate of drug-likeness (QED) is 0.667. The molecule has 0 aliphatic heterocycles. The second-order valence-corrected chi connectivity index (χ2v) is 2.35. The first kappa shape index (κ1) is 10.7. The minimum absolute atomic E-state index is 0.199. The lowest BCUT2D eigenvalue weighted by molar-refractivity contribution is -0.142. The summed E-state index contributed by atoms with van der Waals surface area (Å²) >= 11 is 0. The average Bonchev–Trinajstić information content (AvgIpc) is 2.00. The summed E-state index contributed by atoms with van der Waals surface area (Å²) < 4.78 is 0. The number of aliphatic carboxylic acids is 1. The number of nitrogens with zero attached hydrogens (tertiary/aromatic N) is 1. The first-order chi connectivity index (χ1) is 5.61. The monoisotopic (exact) mass is 171 g/mol. The third-order valence-electron chi connectivity index (χ3n) is 1.31. The fraction of sp³-hybridized carbons (Fsp3) is 0.500. The molecule has 0 aliphatic carbocycles. The van der Waals surface area contributed by atoms with Gasteiger partial charge in [0.2, 0.25) is 5.91 Å². The zero-order valence-electron chi connectivity index (χ0n) is 7.12. The Balaban J connectivity index is 4.05. The van der Waals surface area contributed by atoms with E-state index in [0.29, 0.717) is 12.8 Å².